The summed E-state index contributed by atoms with van der Waals surface area (Å²) in [5.74, 6) is -0.763. The van der Waals surface area contributed by atoms with Gasteiger partial charge in [-0.1, -0.05) is 36.0 Å². The van der Waals surface area contributed by atoms with Crippen LogP contribution in [0.5, 0.6) is 0 Å². The zero-order valence-electron chi connectivity index (χ0n) is 17.3. The maximum Gasteiger partial charge on any atom is 0.346 e. The van der Waals surface area contributed by atoms with Crippen LogP contribution in [-0.2, 0) is 14.3 Å². The third kappa shape index (κ3) is 3.53. The molecule has 1 spiro atoms. The van der Waals surface area contributed by atoms with Crippen molar-refractivity contribution in [3.63, 3.8) is 0 Å². The third-order valence-electron chi connectivity index (χ3n) is 4.84. The van der Waals surface area contributed by atoms with Crippen LogP contribution in [0.25, 0.3) is 0 Å². The Labute approximate surface area is 192 Å². The SMILES string of the molecule is COC(=O)C1=C(C)N(c2ccccc2)[C@@]2(SC(C(C)=O)=NN2c2cccc([N+](=O)[O-])c2)S1. The zero-order chi connectivity index (χ0) is 23.0. The molecule has 2 aliphatic heterocycles. The van der Waals surface area contributed by atoms with E-state index in [9.17, 15) is 19.7 Å². The second-order valence-corrected chi connectivity index (χ2v) is 9.48. The Balaban J connectivity index is 1.93. The molecule has 32 heavy (non-hydrogen) atoms. The fourth-order valence-corrected chi connectivity index (χ4v) is 6.41. The van der Waals surface area contributed by atoms with Crippen LogP contribution in [0.15, 0.2) is 70.3 Å². The molecule has 164 valence electrons. The van der Waals surface area contributed by atoms with Gasteiger partial charge < -0.3 is 9.64 Å². The summed E-state index contributed by atoms with van der Waals surface area (Å²) in [6.07, 6.45) is 0. The molecule has 0 saturated carbocycles. The molecule has 2 aromatic rings. The van der Waals surface area contributed by atoms with Crippen LogP contribution in [-0.4, -0.2) is 33.2 Å². The van der Waals surface area contributed by atoms with Crippen molar-refractivity contribution in [2.45, 2.75) is 18.2 Å². The van der Waals surface area contributed by atoms with Crippen LogP contribution < -0.4 is 9.91 Å². The number of hydrazone groups is 1. The quantitative estimate of drug-likeness (QED) is 0.359. The van der Waals surface area contributed by atoms with Gasteiger partial charge in [-0.2, -0.15) is 5.10 Å². The zero-order valence-corrected chi connectivity index (χ0v) is 19.0. The van der Waals surface area contributed by atoms with Crippen LogP contribution >= 0.6 is 23.5 Å². The molecule has 1 atom stereocenters. The van der Waals surface area contributed by atoms with Crippen LogP contribution in [0.4, 0.5) is 17.1 Å². The average Bonchev–Trinajstić information content (AvgIpc) is 3.31. The molecule has 0 amide bonds. The molecule has 0 saturated heterocycles. The minimum Gasteiger partial charge on any atom is -0.465 e. The highest BCUT2D eigenvalue weighted by Gasteiger charge is 2.58. The maximum atomic E-state index is 12.6. The van der Waals surface area contributed by atoms with Gasteiger partial charge in [0.15, 0.2) is 10.8 Å². The number of ether oxygens (including phenoxy) is 1. The van der Waals surface area contributed by atoms with Crippen molar-refractivity contribution in [2.75, 3.05) is 17.0 Å². The number of methoxy groups -OCH3 is 1. The van der Waals surface area contributed by atoms with E-state index in [1.165, 1.54) is 49.7 Å². The lowest BCUT2D eigenvalue weighted by Crippen LogP contribution is -2.49. The Morgan fingerprint density at radius 2 is 1.78 bits per heavy atom. The van der Waals surface area contributed by atoms with Gasteiger partial charge in [0.1, 0.15) is 4.91 Å². The monoisotopic (exact) mass is 470 g/mol. The molecule has 11 heteroatoms. The Morgan fingerprint density at radius 3 is 2.41 bits per heavy atom. The van der Waals surface area contributed by atoms with E-state index >= 15 is 0 Å². The second-order valence-electron chi connectivity index (χ2n) is 6.88. The molecule has 0 N–H and O–H groups in total. The van der Waals surface area contributed by atoms with Gasteiger partial charge in [0, 0.05) is 30.4 Å². The fraction of sp³-hybridized carbons (Fsp3) is 0.190. The Hall–Kier alpha value is -3.31. The van der Waals surface area contributed by atoms with E-state index in [0.29, 0.717) is 16.3 Å². The first kappa shape index (κ1) is 21.9. The van der Waals surface area contributed by atoms with Gasteiger partial charge >= 0.3 is 5.97 Å². The van der Waals surface area contributed by atoms with Crippen LogP contribution in [0.3, 0.4) is 0 Å². The van der Waals surface area contributed by atoms with Crippen LogP contribution in [0, 0.1) is 10.1 Å². The summed E-state index contributed by atoms with van der Waals surface area (Å²) >= 11 is 2.37. The number of thioether (sulfide) groups is 2. The van der Waals surface area contributed by atoms with Gasteiger partial charge in [-0.3, -0.25) is 14.9 Å². The number of carbonyl (C=O) groups is 2. The highest BCUT2D eigenvalue weighted by atomic mass is 32.2. The third-order valence-corrected chi connectivity index (χ3v) is 7.81. The number of nitro benzene ring substituents is 1. The number of esters is 1. The smallest absolute Gasteiger partial charge is 0.346 e. The van der Waals surface area contributed by atoms with Crippen molar-refractivity contribution in [1.29, 1.82) is 0 Å². The lowest BCUT2D eigenvalue weighted by Gasteiger charge is -2.41. The molecular weight excluding hydrogens is 452 g/mol. The van der Waals surface area contributed by atoms with Crippen molar-refractivity contribution in [3.05, 3.63) is 75.3 Å². The van der Waals surface area contributed by atoms with Gasteiger partial charge in [-0.25, -0.2) is 9.80 Å². The summed E-state index contributed by atoms with van der Waals surface area (Å²) in [5.41, 5.74) is 1.69. The summed E-state index contributed by atoms with van der Waals surface area (Å²) in [6.45, 7) is 3.20. The largest absolute Gasteiger partial charge is 0.465 e. The minimum atomic E-state index is -1.13. The summed E-state index contributed by atoms with van der Waals surface area (Å²) in [7, 11) is 1.30. The van der Waals surface area contributed by atoms with Gasteiger partial charge in [0.05, 0.1) is 17.7 Å². The van der Waals surface area contributed by atoms with Crippen LogP contribution in [0.1, 0.15) is 13.8 Å². The summed E-state index contributed by atoms with van der Waals surface area (Å²) in [6, 6.07) is 15.4. The number of nitro groups is 1. The Morgan fingerprint density at radius 1 is 1.09 bits per heavy atom. The number of ketones is 1. The number of para-hydroxylation sites is 1. The first-order valence-corrected chi connectivity index (χ1v) is 11.1. The van der Waals surface area contributed by atoms with E-state index in [0.717, 1.165) is 5.69 Å². The van der Waals surface area contributed by atoms with Gasteiger partial charge in [-0.15, -0.1) is 0 Å². The van der Waals surface area contributed by atoms with E-state index in [4.69, 9.17) is 4.74 Å². The Bertz CT molecular complexity index is 1180. The van der Waals surface area contributed by atoms with Crippen molar-refractivity contribution in [1.82, 2.24) is 0 Å². The Kier molecular flexibility index (Phi) is 5.70. The molecule has 2 heterocycles. The second kappa shape index (κ2) is 8.32. The first-order valence-electron chi connectivity index (χ1n) is 9.45. The van der Waals surface area contributed by atoms with Crippen molar-refractivity contribution in [2.24, 2.45) is 5.10 Å². The van der Waals surface area contributed by atoms with Crippen molar-refractivity contribution >= 4 is 57.4 Å². The van der Waals surface area contributed by atoms with Crippen molar-refractivity contribution in [3.8, 4) is 0 Å². The number of rotatable bonds is 5. The number of allylic oxidation sites excluding steroid dienone is 1. The molecule has 4 rings (SSSR count). The fourth-order valence-electron chi connectivity index (χ4n) is 3.43. The predicted octanol–water partition coefficient (Wildman–Crippen LogP) is 4.32. The maximum absolute atomic E-state index is 12.6. The molecule has 2 aliphatic rings. The molecule has 0 unspecified atom stereocenters. The number of carbonyl (C=O) groups excluding carboxylic acids is 2. The number of non-ortho nitro benzene ring substituents is 1. The predicted molar refractivity (Wildman–Crippen MR) is 125 cm³/mol. The topological polar surface area (TPSA) is 105 Å². The molecular formula is C21H18N4O5S2. The standard InChI is InChI=1S/C21H18N4O5S2/c1-13-18(20(27)30-3)31-21(23(13)15-8-5-4-6-9-15)24(22-19(32-21)14(2)26)16-10-7-11-17(12-16)25(28)29/h4-12H,1-3H3/t21-/m0/s1. The number of hydrogen-bond donors (Lipinski definition) is 0. The van der Waals surface area contributed by atoms with Crippen molar-refractivity contribution < 1.29 is 19.2 Å². The van der Waals surface area contributed by atoms with Crippen LogP contribution in [0.2, 0.25) is 0 Å². The number of anilines is 2. The molecule has 0 aliphatic carbocycles. The van der Waals surface area contributed by atoms with E-state index in [-0.39, 0.29) is 16.5 Å². The lowest BCUT2D eigenvalue weighted by molar-refractivity contribution is -0.384. The summed E-state index contributed by atoms with van der Waals surface area (Å²) in [5, 5.41) is 17.7. The highest BCUT2D eigenvalue weighted by molar-refractivity contribution is 8.29. The number of benzene rings is 2. The number of Topliss-reactive ketones (excluding diaryl/α,β-unsaturated/α-hetero) is 1. The molecule has 0 aromatic heterocycles. The average molecular weight is 471 g/mol. The highest BCUT2D eigenvalue weighted by Crippen LogP contribution is 2.60. The minimum absolute atomic E-state index is 0.110. The number of nitrogens with zero attached hydrogens (tertiary/aromatic N) is 4. The normalized spacial score (nSPS) is 20.0. The molecule has 0 fully saturated rings. The lowest BCUT2D eigenvalue weighted by atomic mass is 10.2. The van der Waals surface area contributed by atoms with Gasteiger partial charge in [0.2, 0.25) is 4.33 Å². The van der Waals surface area contributed by atoms with E-state index < -0.39 is 15.2 Å². The molecule has 2 aromatic carbocycles. The number of hydrogen-bond acceptors (Lipinski definition) is 10. The van der Waals surface area contributed by atoms with Gasteiger partial charge in [-0.05, 0) is 36.9 Å². The van der Waals surface area contributed by atoms with E-state index in [2.05, 4.69) is 5.10 Å². The summed E-state index contributed by atoms with van der Waals surface area (Å²) in [4.78, 5) is 38.1. The molecule has 9 nitrogen and oxygen atoms in total. The molecule has 0 radical (unpaired) electrons. The first-order chi connectivity index (χ1) is 15.3. The molecule has 0 bridgehead atoms. The van der Waals surface area contributed by atoms with E-state index in [1.807, 2.05) is 35.2 Å². The summed E-state index contributed by atoms with van der Waals surface area (Å²) < 4.78 is 3.86. The van der Waals surface area contributed by atoms with Gasteiger partial charge in [0.25, 0.3) is 5.69 Å². The van der Waals surface area contributed by atoms with E-state index in [1.54, 1.807) is 24.1 Å².